The van der Waals surface area contributed by atoms with E-state index in [1.807, 2.05) is 25.1 Å². The van der Waals surface area contributed by atoms with Crippen LogP contribution in [0.15, 0.2) is 61.1 Å². The standard InChI is InChI=1S/C23H21ClN4O/c1-16-7-8-18(13-20(16)24)28-14-19(17-5-3-2-4-6-17)21-22(25-15-26-23(21)28)27-9-11-29-12-10-27/h2-8,13-15H,9-12H2,1H3. The molecule has 1 saturated heterocycles. The van der Waals surface area contributed by atoms with Crippen molar-refractivity contribution in [3.63, 3.8) is 0 Å². The SMILES string of the molecule is Cc1ccc(-n2cc(-c3ccccc3)c3c(N4CCOCC4)ncnc32)cc1Cl. The Bertz CT molecular complexity index is 1170. The second-order valence-electron chi connectivity index (χ2n) is 7.21. The van der Waals surface area contributed by atoms with Gasteiger partial charge < -0.3 is 14.2 Å². The van der Waals surface area contributed by atoms with Crippen LogP contribution in [0.4, 0.5) is 5.82 Å². The smallest absolute Gasteiger partial charge is 0.150 e. The molecule has 6 heteroatoms. The molecule has 2 aromatic carbocycles. The van der Waals surface area contributed by atoms with Gasteiger partial charge in [-0.2, -0.15) is 0 Å². The van der Waals surface area contributed by atoms with Crippen LogP contribution in [0.3, 0.4) is 0 Å². The number of anilines is 1. The predicted octanol–water partition coefficient (Wildman–Crippen LogP) is 4.89. The second kappa shape index (κ2) is 7.50. The van der Waals surface area contributed by atoms with Gasteiger partial charge in [-0.15, -0.1) is 0 Å². The van der Waals surface area contributed by atoms with Gasteiger partial charge in [0.15, 0.2) is 5.65 Å². The van der Waals surface area contributed by atoms with Crippen LogP contribution in [0.2, 0.25) is 5.02 Å². The van der Waals surface area contributed by atoms with E-state index in [1.165, 1.54) is 0 Å². The Morgan fingerprint density at radius 2 is 1.79 bits per heavy atom. The highest BCUT2D eigenvalue weighted by Crippen LogP contribution is 2.37. The van der Waals surface area contributed by atoms with Crippen LogP contribution in [0.5, 0.6) is 0 Å². The van der Waals surface area contributed by atoms with Crippen molar-refractivity contribution in [2.24, 2.45) is 0 Å². The summed E-state index contributed by atoms with van der Waals surface area (Å²) in [5.41, 5.74) is 5.16. The molecule has 0 unspecified atom stereocenters. The summed E-state index contributed by atoms with van der Waals surface area (Å²) in [6.45, 7) is 5.07. The first-order chi connectivity index (χ1) is 14.2. The van der Waals surface area contributed by atoms with Crippen molar-refractivity contribution in [3.05, 3.63) is 71.6 Å². The third-order valence-corrected chi connectivity index (χ3v) is 5.80. The molecule has 1 aliphatic heterocycles. The highest BCUT2D eigenvalue weighted by atomic mass is 35.5. The summed E-state index contributed by atoms with van der Waals surface area (Å²) in [6, 6.07) is 16.5. The Labute approximate surface area is 174 Å². The van der Waals surface area contributed by atoms with Crippen LogP contribution in [-0.4, -0.2) is 40.8 Å². The molecule has 0 aliphatic carbocycles. The number of hydrogen-bond acceptors (Lipinski definition) is 4. The Kier molecular flexibility index (Phi) is 4.70. The van der Waals surface area contributed by atoms with E-state index in [0.29, 0.717) is 13.2 Å². The third kappa shape index (κ3) is 3.26. The zero-order valence-corrected chi connectivity index (χ0v) is 16.9. The number of fused-ring (bicyclic) bond motifs is 1. The number of rotatable bonds is 3. The maximum Gasteiger partial charge on any atom is 0.150 e. The van der Waals surface area contributed by atoms with Crippen LogP contribution in [-0.2, 0) is 4.74 Å². The van der Waals surface area contributed by atoms with Gasteiger partial charge >= 0.3 is 0 Å². The Hall–Kier alpha value is -2.89. The minimum absolute atomic E-state index is 0.709. The number of halogens is 1. The molecule has 5 nitrogen and oxygen atoms in total. The first-order valence-electron chi connectivity index (χ1n) is 9.73. The molecule has 2 aromatic heterocycles. The minimum Gasteiger partial charge on any atom is -0.378 e. The van der Waals surface area contributed by atoms with Crippen molar-refractivity contribution >= 4 is 28.5 Å². The van der Waals surface area contributed by atoms with Crippen LogP contribution in [0.25, 0.3) is 27.8 Å². The summed E-state index contributed by atoms with van der Waals surface area (Å²) < 4.78 is 7.65. The summed E-state index contributed by atoms with van der Waals surface area (Å²) in [4.78, 5) is 11.6. The lowest BCUT2D eigenvalue weighted by atomic mass is 10.1. The zero-order valence-electron chi connectivity index (χ0n) is 16.2. The van der Waals surface area contributed by atoms with Crippen molar-refractivity contribution < 1.29 is 4.74 Å². The molecule has 29 heavy (non-hydrogen) atoms. The quantitative estimate of drug-likeness (QED) is 0.487. The topological polar surface area (TPSA) is 43.2 Å². The van der Waals surface area contributed by atoms with Crippen molar-refractivity contribution in [1.29, 1.82) is 0 Å². The molecule has 4 aromatic rings. The van der Waals surface area contributed by atoms with Gasteiger partial charge in [0.25, 0.3) is 0 Å². The van der Waals surface area contributed by atoms with Crippen molar-refractivity contribution in [2.75, 3.05) is 31.2 Å². The normalized spacial score (nSPS) is 14.5. The number of benzene rings is 2. The van der Waals surface area contributed by atoms with Crippen molar-refractivity contribution in [3.8, 4) is 16.8 Å². The van der Waals surface area contributed by atoms with E-state index >= 15 is 0 Å². The number of aromatic nitrogens is 3. The fourth-order valence-corrected chi connectivity index (χ4v) is 4.00. The molecule has 0 N–H and O–H groups in total. The molecule has 1 fully saturated rings. The molecule has 0 amide bonds. The van der Waals surface area contributed by atoms with Gasteiger partial charge in [-0.25, -0.2) is 9.97 Å². The summed E-state index contributed by atoms with van der Waals surface area (Å²) in [5.74, 6) is 0.953. The van der Waals surface area contributed by atoms with Gasteiger partial charge in [0.1, 0.15) is 12.1 Å². The zero-order chi connectivity index (χ0) is 19.8. The summed E-state index contributed by atoms with van der Waals surface area (Å²) in [5, 5.41) is 1.80. The second-order valence-corrected chi connectivity index (χ2v) is 7.61. The molecule has 146 valence electrons. The van der Waals surface area contributed by atoms with E-state index < -0.39 is 0 Å². The monoisotopic (exact) mass is 404 g/mol. The molecule has 0 bridgehead atoms. The molecule has 1 aliphatic rings. The van der Waals surface area contributed by atoms with Gasteiger partial charge in [-0.3, -0.25) is 0 Å². The highest BCUT2D eigenvalue weighted by molar-refractivity contribution is 6.31. The highest BCUT2D eigenvalue weighted by Gasteiger charge is 2.22. The number of ether oxygens (including phenoxy) is 1. The van der Waals surface area contributed by atoms with E-state index in [0.717, 1.165) is 57.3 Å². The van der Waals surface area contributed by atoms with Gasteiger partial charge in [-0.05, 0) is 30.2 Å². The fraction of sp³-hybridized carbons (Fsp3) is 0.217. The summed E-state index contributed by atoms with van der Waals surface area (Å²) in [7, 11) is 0. The largest absolute Gasteiger partial charge is 0.378 e. The van der Waals surface area contributed by atoms with E-state index in [-0.39, 0.29) is 0 Å². The van der Waals surface area contributed by atoms with E-state index in [1.54, 1.807) is 6.33 Å². The first kappa shape index (κ1) is 18.2. The van der Waals surface area contributed by atoms with Gasteiger partial charge in [-0.1, -0.05) is 48.0 Å². The maximum atomic E-state index is 6.42. The molecular weight excluding hydrogens is 384 g/mol. The molecule has 0 saturated carbocycles. The van der Waals surface area contributed by atoms with E-state index in [9.17, 15) is 0 Å². The Balaban J connectivity index is 1.78. The van der Waals surface area contributed by atoms with Gasteiger partial charge in [0.2, 0.25) is 0 Å². The summed E-state index contributed by atoms with van der Waals surface area (Å²) >= 11 is 6.42. The van der Waals surface area contributed by atoms with E-state index in [2.05, 4.69) is 56.0 Å². The fourth-order valence-electron chi connectivity index (χ4n) is 3.83. The lowest BCUT2D eigenvalue weighted by molar-refractivity contribution is 0.122. The third-order valence-electron chi connectivity index (χ3n) is 5.39. The molecule has 0 spiro atoms. The first-order valence-corrected chi connectivity index (χ1v) is 10.1. The van der Waals surface area contributed by atoms with Gasteiger partial charge in [0, 0.05) is 35.6 Å². The molecular formula is C23H21ClN4O. The number of morpholine rings is 1. The average Bonchev–Trinajstić information content (AvgIpc) is 3.17. The van der Waals surface area contributed by atoms with Crippen LogP contribution in [0, 0.1) is 6.92 Å². The lowest BCUT2D eigenvalue weighted by Crippen LogP contribution is -2.36. The predicted molar refractivity (Wildman–Crippen MR) is 117 cm³/mol. The molecule has 0 atom stereocenters. The molecule has 5 rings (SSSR count). The van der Waals surface area contributed by atoms with Crippen molar-refractivity contribution in [1.82, 2.24) is 14.5 Å². The maximum absolute atomic E-state index is 6.42. The van der Waals surface area contributed by atoms with Crippen LogP contribution < -0.4 is 4.90 Å². The summed E-state index contributed by atoms with van der Waals surface area (Å²) in [6.07, 6.45) is 3.79. The van der Waals surface area contributed by atoms with E-state index in [4.69, 9.17) is 16.3 Å². The Morgan fingerprint density at radius 3 is 2.55 bits per heavy atom. The molecule has 3 heterocycles. The average molecular weight is 405 g/mol. The van der Waals surface area contributed by atoms with Crippen molar-refractivity contribution in [2.45, 2.75) is 6.92 Å². The van der Waals surface area contributed by atoms with Crippen LogP contribution in [0.1, 0.15) is 5.56 Å². The van der Waals surface area contributed by atoms with Gasteiger partial charge in [0.05, 0.1) is 18.6 Å². The lowest BCUT2D eigenvalue weighted by Gasteiger charge is -2.28. The Morgan fingerprint density at radius 1 is 1.00 bits per heavy atom. The minimum atomic E-state index is 0.709. The van der Waals surface area contributed by atoms with Crippen LogP contribution >= 0.6 is 11.6 Å². The number of nitrogens with zero attached hydrogens (tertiary/aromatic N) is 4. The molecule has 0 radical (unpaired) electrons. The number of hydrogen-bond donors (Lipinski definition) is 0. The number of aryl methyl sites for hydroxylation is 1.